The molecule has 2 heterocycles. The van der Waals surface area contributed by atoms with Crippen LogP contribution in [0.4, 0.5) is 0 Å². The van der Waals surface area contributed by atoms with Crippen LogP contribution in [0.25, 0.3) is 0 Å². The summed E-state index contributed by atoms with van der Waals surface area (Å²) < 4.78 is 5.40. The summed E-state index contributed by atoms with van der Waals surface area (Å²) in [5, 5.41) is 10.9. The van der Waals surface area contributed by atoms with Crippen LogP contribution in [0.2, 0.25) is 0 Å². The Bertz CT molecular complexity index is 1130. The van der Waals surface area contributed by atoms with E-state index in [9.17, 15) is 24.3 Å². The Morgan fingerprint density at radius 1 is 0.886 bits per heavy atom. The standard InChI is InChI=1S/C27H32N2O6/c1-4-10-28-24(31)16-8-7-15-17(22(16)26(28)33)13-19-23(27(34)29(11-5-2)25(19)32)21(15)18-12-14(35-3)6-9-20(18)30/h6-7,9,12,16-17,19,21-23,30H,4-5,8,10-11,13H2,1-3H3. The normalized spacial score (nSPS) is 31.9. The van der Waals surface area contributed by atoms with Crippen molar-refractivity contribution in [2.75, 3.05) is 20.2 Å². The third kappa shape index (κ3) is 3.40. The summed E-state index contributed by atoms with van der Waals surface area (Å²) >= 11 is 0. The van der Waals surface area contributed by atoms with E-state index in [-0.39, 0.29) is 35.3 Å². The average Bonchev–Trinajstić information content (AvgIpc) is 3.24. The number of aromatic hydroxyl groups is 1. The van der Waals surface area contributed by atoms with Crippen LogP contribution >= 0.6 is 0 Å². The van der Waals surface area contributed by atoms with E-state index >= 15 is 0 Å². The first-order valence-electron chi connectivity index (χ1n) is 12.6. The number of phenols is 1. The number of allylic oxidation sites excluding steroid dienone is 2. The van der Waals surface area contributed by atoms with Crippen LogP contribution in [0.1, 0.15) is 51.0 Å². The van der Waals surface area contributed by atoms with Crippen molar-refractivity contribution in [2.45, 2.75) is 45.4 Å². The number of carbonyl (C=O) groups is 4. The van der Waals surface area contributed by atoms with Crippen LogP contribution in [-0.4, -0.2) is 58.7 Å². The fraction of sp³-hybridized carbons (Fsp3) is 0.556. The number of carbonyl (C=O) groups excluding carboxylic acids is 4. The van der Waals surface area contributed by atoms with Gasteiger partial charge in [0.1, 0.15) is 11.5 Å². The molecule has 0 bridgehead atoms. The maximum atomic E-state index is 13.6. The lowest BCUT2D eigenvalue weighted by molar-refractivity contribution is -0.142. The van der Waals surface area contributed by atoms with Crippen molar-refractivity contribution in [2.24, 2.45) is 29.6 Å². The minimum Gasteiger partial charge on any atom is -0.508 e. The van der Waals surface area contributed by atoms with Gasteiger partial charge in [0.15, 0.2) is 0 Å². The molecule has 2 saturated heterocycles. The van der Waals surface area contributed by atoms with E-state index in [1.807, 2.05) is 19.9 Å². The zero-order chi connectivity index (χ0) is 25.0. The van der Waals surface area contributed by atoms with Crippen molar-refractivity contribution in [3.63, 3.8) is 0 Å². The third-order valence-electron chi connectivity index (χ3n) is 8.30. The summed E-state index contributed by atoms with van der Waals surface area (Å²) in [5.41, 5.74) is 1.41. The SMILES string of the molecule is CCCN1C(=O)C2CC=C3C(CC4C(=O)N(CCC)C(=O)C4C3c3cc(OC)ccc3O)C2C1=O. The Labute approximate surface area is 204 Å². The third-order valence-corrected chi connectivity index (χ3v) is 8.30. The molecule has 35 heavy (non-hydrogen) atoms. The summed E-state index contributed by atoms with van der Waals surface area (Å²) in [5.74, 6) is -3.28. The largest absolute Gasteiger partial charge is 0.508 e. The first-order valence-corrected chi connectivity index (χ1v) is 12.6. The predicted molar refractivity (Wildman–Crippen MR) is 126 cm³/mol. The molecule has 1 aromatic carbocycles. The number of hydrogen-bond acceptors (Lipinski definition) is 6. The molecule has 186 valence electrons. The quantitative estimate of drug-likeness (QED) is 0.496. The van der Waals surface area contributed by atoms with Gasteiger partial charge in [-0.05, 0) is 49.8 Å². The van der Waals surface area contributed by atoms with Gasteiger partial charge < -0.3 is 9.84 Å². The highest BCUT2D eigenvalue weighted by atomic mass is 16.5. The second kappa shape index (κ2) is 8.81. The number of nitrogens with zero attached hydrogens (tertiary/aromatic N) is 2. The molecule has 6 atom stereocenters. The first-order chi connectivity index (χ1) is 16.8. The molecular formula is C27H32N2O6. The lowest BCUT2D eigenvalue weighted by Crippen LogP contribution is -2.43. The Balaban J connectivity index is 1.64. The van der Waals surface area contributed by atoms with E-state index in [4.69, 9.17) is 4.74 Å². The number of hydrogen-bond donors (Lipinski definition) is 1. The average molecular weight is 481 g/mol. The molecule has 4 amide bonds. The lowest BCUT2D eigenvalue weighted by atomic mass is 9.57. The van der Waals surface area contributed by atoms with Crippen LogP contribution in [0.5, 0.6) is 11.5 Å². The monoisotopic (exact) mass is 480 g/mol. The molecule has 1 N–H and O–H groups in total. The van der Waals surface area contributed by atoms with Gasteiger partial charge in [0.2, 0.25) is 23.6 Å². The summed E-state index contributed by atoms with van der Waals surface area (Å²) in [6.45, 7) is 4.59. The molecule has 2 aliphatic heterocycles. The summed E-state index contributed by atoms with van der Waals surface area (Å²) in [6, 6.07) is 4.91. The number of imide groups is 2. The Morgan fingerprint density at radius 3 is 2.14 bits per heavy atom. The highest BCUT2D eigenvalue weighted by molar-refractivity contribution is 6.08. The Kier molecular flexibility index (Phi) is 5.93. The fourth-order valence-electron chi connectivity index (χ4n) is 6.86. The number of phenolic OH excluding ortho intramolecular Hbond substituents is 1. The zero-order valence-electron chi connectivity index (χ0n) is 20.4. The number of rotatable bonds is 6. The van der Waals surface area contributed by atoms with Crippen molar-refractivity contribution < 1.29 is 29.0 Å². The highest BCUT2D eigenvalue weighted by Gasteiger charge is 2.61. The molecule has 0 spiro atoms. The van der Waals surface area contributed by atoms with Gasteiger partial charge in [-0.2, -0.15) is 0 Å². The molecule has 8 heteroatoms. The van der Waals surface area contributed by atoms with E-state index < -0.39 is 29.6 Å². The second-order valence-corrected chi connectivity index (χ2v) is 10.1. The predicted octanol–water partition coefficient (Wildman–Crippen LogP) is 2.86. The first kappa shape index (κ1) is 23.6. The molecule has 1 aromatic rings. The van der Waals surface area contributed by atoms with Crippen LogP contribution in [0.15, 0.2) is 29.8 Å². The number of methoxy groups -OCH3 is 1. The van der Waals surface area contributed by atoms with Crippen LogP contribution < -0.4 is 4.74 Å². The van der Waals surface area contributed by atoms with Gasteiger partial charge >= 0.3 is 0 Å². The Morgan fingerprint density at radius 2 is 1.51 bits per heavy atom. The van der Waals surface area contributed by atoms with Gasteiger partial charge in [-0.1, -0.05) is 25.5 Å². The van der Waals surface area contributed by atoms with Crippen LogP contribution in [0.3, 0.4) is 0 Å². The topological polar surface area (TPSA) is 104 Å². The second-order valence-electron chi connectivity index (χ2n) is 10.1. The smallest absolute Gasteiger partial charge is 0.234 e. The van der Waals surface area contributed by atoms with E-state index in [2.05, 4.69) is 0 Å². The van der Waals surface area contributed by atoms with E-state index in [0.717, 1.165) is 5.57 Å². The van der Waals surface area contributed by atoms with Crippen molar-refractivity contribution in [3.05, 3.63) is 35.4 Å². The molecule has 2 aliphatic carbocycles. The Hall–Kier alpha value is -3.16. The molecule has 3 fully saturated rings. The number of benzene rings is 1. The molecule has 8 nitrogen and oxygen atoms in total. The maximum absolute atomic E-state index is 13.6. The summed E-state index contributed by atoms with van der Waals surface area (Å²) in [4.78, 5) is 56.3. The minimum atomic E-state index is -0.648. The van der Waals surface area contributed by atoms with Crippen molar-refractivity contribution >= 4 is 23.6 Å². The van der Waals surface area contributed by atoms with Crippen molar-refractivity contribution in [1.82, 2.24) is 9.80 Å². The molecule has 6 unspecified atom stereocenters. The number of fused-ring (bicyclic) bond motifs is 4. The minimum absolute atomic E-state index is 0.0221. The summed E-state index contributed by atoms with van der Waals surface area (Å²) in [6.07, 6.45) is 4.11. The van der Waals surface area contributed by atoms with Crippen LogP contribution in [0, 0.1) is 29.6 Å². The molecule has 0 radical (unpaired) electrons. The van der Waals surface area contributed by atoms with Gasteiger partial charge in [0, 0.05) is 24.6 Å². The fourth-order valence-corrected chi connectivity index (χ4v) is 6.86. The zero-order valence-corrected chi connectivity index (χ0v) is 20.4. The number of likely N-dealkylation sites (tertiary alicyclic amines) is 2. The van der Waals surface area contributed by atoms with Gasteiger partial charge in [-0.25, -0.2) is 0 Å². The van der Waals surface area contributed by atoms with Gasteiger partial charge in [0.05, 0.1) is 30.8 Å². The highest BCUT2D eigenvalue weighted by Crippen LogP contribution is 2.59. The molecule has 5 rings (SSSR count). The van der Waals surface area contributed by atoms with E-state index in [0.29, 0.717) is 50.1 Å². The van der Waals surface area contributed by atoms with Gasteiger partial charge in [-0.15, -0.1) is 0 Å². The molecule has 0 aromatic heterocycles. The van der Waals surface area contributed by atoms with Crippen molar-refractivity contribution in [1.29, 1.82) is 0 Å². The molecule has 1 saturated carbocycles. The van der Waals surface area contributed by atoms with E-state index in [1.54, 1.807) is 12.1 Å². The molecular weight excluding hydrogens is 448 g/mol. The van der Waals surface area contributed by atoms with Crippen LogP contribution in [-0.2, 0) is 19.2 Å². The lowest BCUT2D eigenvalue weighted by Gasteiger charge is -2.44. The van der Waals surface area contributed by atoms with E-state index in [1.165, 1.54) is 23.0 Å². The maximum Gasteiger partial charge on any atom is 0.234 e. The number of amides is 4. The van der Waals surface area contributed by atoms with Gasteiger partial charge in [-0.3, -0.25) is 29.0 Å². The van der Waals surface area contributed by atoms with Crippen molar-refractivity contribution in [3.8, 4) is 11.5 Å². The van der Waals surface area contributed by atoms with Gasteiger partial charge in [0.25, 0.3) is 0 Å². The summed E-state index contributed by atoms with van der Waals surface area (Å²) in [7, 11) is 1.53. The number of ether oxygens (including phenoxy) is 1. The molecule has 4 aliphatic rings.